The summed E-state index contributed by atoms with van der Waals surface area (Å²) in [6.07, 6.45) is 0. The molecule has 10 heavy (non-hydrogen) atoms. The number of hydrogen-bond acceptors (Lipinski definition) is 2. The third kappa shape index (κ3) is 10.8. The summed E-state index contributed by atoms with van der Waals surface area (Å²) in [5, 5.41) is 0. The minimum Gasteiger partial charge on any atom is -0.437 e. The average molecular weight is 133 g/mol. The zero-order valence-electron chi connectivity index (χ0n) is 7.14. The Kier molecular flexibility index (Phi) is 11.3. The summed E-state index contributed by atoms with van der Waals surface area (Å²) in [4.78, 5) is 2.00. The molecule has 0 aliphatic heterocycles. The standard InChI is InChI=1S/C7H12NO.Li/c1-8(2)6-4-5-7-9-3;/h7H,6H2,1-3H3;/q-1;+1. The van der Waals surface area contributed by atoms with Gasteiger partial charge in [-0.05, 0) is 20.6 Å². The van der Waals surface area contributed by atoms with Crippen LogP contribution in [0.25, 0.3) is 0 Å². The van der Waals surface area contributed by atoms with Gasteiger partial charge < -0.3 is 15.6 Å². The maximum absolute atomic E-state index is 4.61. The number of ether oxygens (including phenoxy) is 1. The van der Waals surface area contributed by atoms with Gasteiger partial charge in [-0.2, -0.15) is 0 Å². The third-order valence-corrected chi connectivity index (χ3v) is 0.674. The molecule has 0 aromatic heterocycles. The maximum Gasteiger partial charge on any atom is 1.00 e. The Morgan fingerprint density at radius 2 is 2.10 bits per heavy atom. The molecule has 2 nitrogen and oxygen atoms in total. The summed E-state index contributed by atoms with van der Waals surface area (Å²) in [5.41, 5.74) is 0. The Labute approximate surface area is 75.1 Å². The predicted octanol–water partition coefficient (Wildman–Crippen LogP) is -2.64. The van der Waals surface area contributed by atoms with E-state index in [9.17, 15) is 0 Å². The van der Waals surface area contributed by atoms with Gasteiger partial charge in [-0.3, -0.25) is 5.92 Å². The van der Waals surface area contributed by atoms with Gasteiger partial charge in [0.1, 0.15) is 0 Å². The van der Waals surface area contributed by atoms with Crippen LogP contribution in [0.3, 0.4) is 0 Å². The zero-order chi connectivity index (χ0) is 7.11. The van der Waals surface area contributed by atoms with Gasteiger partial charge in [-0.15, -0.1) is 0 Å². The van der Waals surface area contributed by atoms with Gasteiger partial charge in [0, 0.05) is 7.11 Å². The smallest absolute Gasteiger partial charge is 0.437 e. The fourth-order valence-corrected chi connectivity index (χ4v) is 0.304. The molecular formula is C7H12LiNO. The van der Waals surface area contributed by atoms with Gasteiger partial charge in [0.15, 0.2) is 0 Å². The summed E-state index contributed by atoms with van der Waals surface area (Å²) in [6.45, 7) is 2.25. The van der Waals surface area contributed by atoms with E-state index in [2.05, 4.69) is 16.6 Å². The van der Waals surface area contributed by atoms with Gasteiger partial charge in [-0.25, -0.2) is 0 Å². The molecular weight excluding hydrogens is 121 g/mol. The SMILES string of the molecule is CO[CH-]C#CCN(C)C.[Li+]. The first kappa shape index (κ1) is 12.6. The Morgan fingerprint density at radius 3 is 2.50 bits per heavy atom. The normalized spacial score (nSPS) is 7.60. The molecule has 0 radical (unpaired) electrons. The minimum absolute atomic E-state index is 0. The van der Waals surface area contributed by atoms with Crippen molar-refractivity contribution in [1.82, 2.24) is 4.90 Å². The van der Waals surface area contributed by atoms with Crippen LogP contribution in [0, 0.1) is 18.4 Å². The molecule has 0 amide bonds. The van der Waals surface area contributed by atoms with Crippen molar-refractivity contribution < 1.29 is 23.6 Å². The Balaban J connectivity index is 0. The quantitative estimate of drug-likeness (QED) is 0.232. The first-order chi connectivity index (χ1) is 4.27. The maximum atomic E-state index is 4.61. The molecule has 0 fully saturated rings. The number of methoxy groups -OCH3 is 1. The second-order valence-electron chi connectivity index (χ2n) is 1.91. The van der Waals surface area contributed by atoms with Gasteiger partial charge in [0.05, 0.1) is 0 Å². The van der Waals surface area contributed by atoms with Crippen molar-refractivity contribution in [2.45, 2.75) is 0 Å². The van der Waals surface area contributed by atoms with Crippen molar-refractivity contribution in [3.05, 3.63) is 6.61 Å². The fraction of sp³-hybridized carbons (Fsp3) is 0.571. The van der Waals surface area contributed by atoms with Crippen LogP contribution in [0.2, 0.25) is 0 Å². The number of hydrogen-bond donors (Lipinski definition) is 0. The molecule has 0 aliphatic rings. The number of nitrogens with zero attached hydrogens (tertiary/aromatic N) is 1. The number of rotatable bonds is 2. The Hall–Kier alpha value is -0.0526. The molecule has 0 aromatic rings. The molecule has 0 heterocycles. The molecule has 0 saturated heterocycles. The minimum atomic E-state index is 0. The van der Waals surface area contributed by atoms with Crippen molar-refractivity contribution in [2.75, 3.05) is 27.7 Å². The van der Waals surface area contributed by atoms with Crippen molar-refractivity contribution >= 4 is 0 Å². The third-order valence-electron chi connectivity index (χ3n) is 0.674. The first-order valence-electron chi connectivity index (χ1n) is 2.75. The molecule has 0 unspecified atom stereocenters. The van der Waals surface area contributed by atoms with Crippen LogP contribution in [0.1, 0.15) is 0 Å². The largest absolute Gasteiger partial charge is 1.00 e. The van der Waals surface area contributed by atoms with E-state index in [0.29, 0.717) is 0 Å². The van der Waals surface area contributed by atoms with Crippen molar-refractivity contribution in [2.24, 2.45) is 0 Å². The van der Waals surface area contributed by atoms with Crippen LogP contribution >= 0.6 is 0 Å². The van der Waals surface area contributed by atoms with E-state index in [4.69, 9.17) is 0 Å². The summed E-state index contributed by atoms with van der Waals surface area (Å²) < 4.78 is 4.61. The molecule has 0 spiro atoms. The first-order valence-corrected chi connectivity index (χ1v) is 2.75. The Bertz CT molecular complexity index is 115. The molecule has 0 N–H and O–H groups in total. The summed E-state index contributed by atoms with van der Waals surface area (Å²) in [7, 11) is 5.54. The molecule has 0 bridgehead atoms. The van der Waals surface area contributed by atoms with Crippen LogP contribution in [0.4, 0.5) is 0 Å². The molecule has 3 heteroatoms. The average Bonchev–Trinajstić information content (AvgIpc) is 1.80. The van der Waals surface area contributed by atoms with Crippen LogP contribution in [0.5, 0.6) is 0 Å². The van der Waals surface area contributed by atoms with E-state index in [1.807, 2.05) is 19.0 Å². The molecule has 0 aliphatic carbocycles. The van der Waals surface area contributed by atoms with E-state index in [1.54, 1.807) is 7.11 Å². The Morgan fingerprint density at radius 1 is 1.50 bits per heavy atom. The van der Waals surface area contributed by atoms with Crippen LogP contribution < -0.4 is 18.9 Å². The van der Waals surface area contributed by atoms with Crippen LogP contribution in [-0.4, -0.2) is 32.6 Å². The van der Waals surface area contributed by atoms with Gasteiger partial charge in [0.2, 0.25) is 0 Å². The van der Waals surface area contributed by atoms with Gasteiger partial charge in [0.25, 0.3) is 0 Å². The van der Waals surface area contributed by atoms with Crippen molar-refractivity contribution in [1.29, 1.82) is 0 Å². The molecule has 0 aromatic carbocycles. The molecule has 0 atom stereocenters. The zero-order valence-corrected chi connectivity index (χ0v) is 7.14. The molecule has 0 rings (SSSR count). The van der Waals surface area contributed by atoms with E-state index in [1.165, 1.54) is 6.61 Å². The van der Waals surface area contributed by atoms with Crippen LogP contribution in [-0.2, 0) is 4.74 Å². The summed E-state index contributed by atoms with van der Waals surface area (Å²) >= 11 is 0. The summed E-state index contributed by atoms with van der Waals surface area (Å²) in [5.74, 6) is 5.61. The molecule has 0 saturated carbocycles. The fourth-order valence-electron chi connectivity index (χ4n) is 0.304. The predicted molar refractivity (Wildman–Crippen MR) is 37.6 cm³/mol. The summed E-state index contributed by atoms with van der Waals surface area (Å²) in [6, 6.07) is 0. The van der Waals surface area contributed by atoms with Crippen molar-refractivity contribution in [3.8, 4) is 11.8 Å². The monoisotopic (exact) mass is 133 g/mol. The van der Waals surface area contributed by atoms with E-state index < -0.39 is 0 Å². The second-order valence-corrected chi connectivity index (χ2v) is 1.91. The van der Waals surface area contributed by atoms with E-state index in [-0.39, 0.29) is 18.9 Å². The van der Waals surface area contributed by atoms with Crippen LogP contribution in [0.15, 0.2) is 0 Å². The van der Waals surface area contributed by atoms with E-state index >= 15 is 0 Å². The second kappa shape index (κ2) is 8.95. The topological polar surface area (TPSA) is 12.5 Å². The van der Waals surface area contributed by atoms with Crippen molar-refractivity contribution in [3.63, 3.8) is 0 Å². The van der Waals surface area contributed by atoms with Gasteiger partial charge >= 0.3 is 18.9 Å². The van der Waals surface area contributed by atoms with E-state index in [0.717, 1.165) is 6.54 Å². The van der Waals surface area contributed by atoms with Gasteiger partial charge in [-0.1, -0.05) is 6.61 Å². The molecule has 52 valence electrons.